The Morgan fingerprint density at radius 1 is 1.21 bits per heavy atom. The van der Waals surface area contributed by atoms with Gasteiger partial charge >= 0.3 is 6.18 Å². The van der Waals surface area contributed by atoms with E-state index in [1.54, 1.807) is 6.92 Å². The molecule has 128 valence electrons. The van der Waals surface area contributed by atoms with E-state index in [4.69, 9.17) is 0 Å². The standard InChI is InChI=1S/C17H17F3N2O2/c1-10-16(22(23)24)15(12-7-3-5-9-14(12)21-10)11-6-2-4-8-13(11)17(18,19)20/h2,4,6,8,15,21H,3,5,7,9H2,1H3. The molecule has 1 aromatic carbocycles. The lowest BCUT2D eigenvalue weighted by molar-refractivity contribution is -0.431. The van der Waals surface area contributed by atoms with E-state index in [0.29, 0.717) is 18.5 Å². The van der Waals surface area contributed by atoms with Crippen molar-refractivity contribution in [3.05, 3.63) is 68.2 Å². The van der Waals surface area contributed by atoms with Gasteiger partial charge in [-0.05, 0) is 49.8 Å². The van der Waals surface area contributed by atoms with Crippen LogP contribution < -0.4 is 5.32 Å². The maximum Gasteiger partial charge on any atom is 0.416 e. The predicted octanol–water partition coefficient (Wildman–Crippen LogP) is 4.73. The Hall–Kier alpha value is -2.31. The summed E-state index contributed by atoms with van der Waals surface area (Å²) in [4.78, 5) is 11.0. The van der Waals surface area contributed by atoms with E-state index in [1.807, 2.05) is 0 Å². The summed E-state index contributed by atoms with van der Waals surface area (Å²) in [7, 11) is 0. The van der Waals surface area contributed by atoms with Gasteiger partial charge < -0.3 is 5.32 Å². The van der Waals surface area contributed by atoms with E-state index in [0.717, 1.165) is 30.2 Å². The van der Waals surface area contributed by atoms with Gasteiger partial charge in [0.15, 0.2) is 0 Å². The van der Waals surface area contributed by atoms with Gasteiger partial charge in [-0.2, -0.15) is 13.2 Å². The Bertz CT molecular complexity index is 750. The summed E-state index contributed by atoms with van der Waals surface area (Å²) >= 11 is 0. The van der Waals surface area contributed by atoms with E-state index in [1.165, 1.54) is 18.2 Å². The lowest BCUT2D eigenvalue weighted by Gasteiger charge is -2.32. The largest absolute Gasteiger partial charge is 0.416 e. The molecule has 7 heteroatoms. The van der Waals surface area contributed by atoms with Gasteiger partial charge in [-0.1, -0.05) is 18.2 Å². The number of rotatable bonds is 2. The molecule has 0 radical (unpaired) electrons. The van der Waals surface area contributed by atoms with Crippen LogP contribution in [-0.2, 0) is 6.18 Å². The topological polar surface area (TPSA) is 55.2 Å². The lowest BCUT2D eigenvalue weighted by Crippen LogP contribution is -2.31. The average molecular weight is 338 g/mol. The fraction of sp³-hybridized carbons (Fsp3) is 0.412. The first-order chi connectivity index (χ1) is 11.3. The normalized spacial score (nSPS) is 21.4. The van der Waals surface area contributed by atoms with Gasteiger partial charge in [0.1, 0.15) is 5.92 Å². The fourth-order valence-electron chi connectivity index (χ4n) is 3.65. The van der Waals surface area contributed by atoms with Crippen molar-refractivity contribution in [1.29, 1.82) is 0 Å². The van der Waals surface area contributed by atoms with Crippen molar-refractivity contribution in [2.24, 2.45) is 0 Å². The van der Waals surface area contributed by atoms with E-state index >= 15 is 0 Å². The molecule has 1 aromatic rings. The van der Waals surface area contributed by atoms with Crippen molar-refractivity contribution >= 4 is 0 Å². The molecule has 2 aliphatic rings. The van der Waals surface area contributed by atoms with Crippen LogP contribution in [0.15, 0.2) is 46.9 Å². The van der Waals surface area contributed by atoms with Gasteiger partial charge in [-0.3, -0.25) is 10.1 Å². The monoisotopic (exact) mass is 338 g/mol. The first-order valence-electron chi connectivity index (χ1n) is 7.81. The zero-order valence-corrected chi connectivity index (χ0v) is 13.1. The molecule has 4 nitrogen and oxygen atoms in total. The SMILES string of the molecule is CC1=C([N+](=O)[O-])C(c2ccccc2C(F)(F)F)C2=C(CCCC2)N1. The second-order valence-electron chi connectivity index (χ2n) is 6.12. The van der Waals surface area contributed by atoms with Crippen molar-refractivity contribution in [2.45, 2.75) is 44.7 Å². The Kier molecular flexibility index (Phi) is 4.11. The van der Waals surface area contributed by atoms with Crippen molar-refractivity contribution < 1.29 is 18.1 Å². The van der Waals surface area contributed by atoms with E-state index in [-0.39, 0.29) is 11.3 Å². The number of halogens is 3. The molecule has 0 spiro atoms. The minimum Gasteiger partial charge on any atom is -0.357 e. The molecule has 0 bridgehead atoms. The summed E-state index contributed by atoms with van der Waals surface area (Å²) in [6.07, 6.45) is -1.51. The van der Waals surface area contributed by atoms with Crippen LogP contribution in [0.1, 0.15) is 49.7 Å². The van der Waals surface area contributed by atoms with Crippen LogP contribution in [0.5, 0.6) is 0 Å². The molecule has 1 aliphatic heterocycles. The Labute approximate surface area is 137 Å². The zero-order valence-electron chi connectivity index (χ0n) is 13.1. The highest BCUT2D eigenvalue weighted by molar-refractivity contribution is 5.48. The fourth-order valence-corrected chi connectivity index (χ4v) is 3.65. The molecule has 0 saturated carbocycles. The van der Waals surface area contributed by atoms with E-state index < -0.39 is 22.6 Å². The molecular formula is C17H17F3N2O2. The molecule has 3 rings (SSSR count). The van der Waals surface area contributed by atoms with Gasteiger partial charge in [0.25, 0.3) is 5.70 Å². The summed E-state index contributed by atoms with van der Waals surface area (Å²) in [5.74, 6) is -0.950. The van der Waals surface area contributed by atoms with Crippen LogP contribution in [0.3, 0.4) is 0 Å². The maximum absolute atomic E-state index is 13.4. The second kappa shape index (κ2) is 5.96. The number of hydrogen-bond acceptors (Lipinski definition) is 3. The van der Waals surface area contributed by atoms with Crippen molar-refractivity contribution in [3.63, 3.8) is 0 Å². The van der Waals surface area contributed by atoms with Crippen LogP contribution in [-0.4, -0.2) is 4.92 Å². The van der Waals surface area contributed by atoms with Gasteiger partial charge in [-0.25, -0.2) is 0 Å². The third-order valence-corrected chi connectivity index (χ3v) is 4.63. The molecule has 0 amide bonds. The molecule has 1 N–H and O–H groups in total. The zero-order chi connectivity index (χ0) is 17.5. The molecule has 0 fully saturated rings. The summed E-state index contributed by atoms with van der Waals surface area (Å²) in [5.41, 5.74) is 0.852. The molecular weight excluding hydrogens is 321 g/mol. The molecule has 0 saturated heterocycles. The number of hydrogen-bond donors (Lipinski definition) is 1. The molecule has 1 heterocycles. The summed E-state index contributed by atoms with van der Waals surface area (Å²) < 4.78 is 40.3. The number of benzene rings is 1. The summed E-state index contributed by atoms with van der Waals surface area (Å²) in [6.45, 7) is 1.56. The number of allylic oxidation sites excluding steroid dienone is 3. The highest BCUT2D eigenvalue weighted by Gasteiger charge is 2.43. The molecule has 0 aromatic heterocycles. The first kappa shape index (κ1) is 16.5. The van der Waals surface area contributed by atoms with Crippen LogP contribution in [0.25, 0.3) is 0 Å². The molecule has 24 heavy (non-hydrogen) atoms. The minimum atomic E-state index is -4.55. The number of dihydropyridines is 1. The van der Waals surface area contributed by atoms with Gasteiger partial charge in [-0.15, -0.1) is 0 Å². The lowest BCUT2D eigenvalue weighted by atomic mass is 9.77. The molecule has 1 aliphatic carbocycles. The third-order valence-electron chi connectivity index (χ3n) is 4.63. The second-order valence-corrected chi connectivity index (χ2v) is 6.12. The third kappa shape index (κ3) is 2.79. The highest BCUT2D eigenvalue weighted by Crippen LogP contribution is 2.46. The maximum atomic E-state index is 13.4. The highest BCUT2D eigenvalue weighted by atomic mass is 19.4. The Morgan fingerprint density at radius 3 is 2.54 bits per heavy atom. The smallest absolute Gasteiger partial charge is 0.357 e. The predicted molar refractivity (Wildman–Crippen MR) is 82.5 cm³/mol. The van der Waals surface area contributed by atoms with Crippen LogP contribution in [0, 0.1) is 10.1 Å². The van der Waals surface area contributed by atoms with Crippen LogP contribution >= 0.6 is 0 Å². The number of nitro groups is 1. The summed E-state index contributed by atoms with van der Waals surface area (Å²) in [5, 5.41) is 14.6. The Morgan fingerprint density at radius 2 is 1.88 bits per heavy atom. The first-order valence-corrected chi connectivity index (χ1v) is 7.81. The minimum absolute atomic E-state index is 0.0352. The summed E-state index contributed by atoms with van der Waals surface area (Å²) in [6, 6.07) is 5.16. The molecule has 1 atom stereocenters. The average Bonchev–Trinajstić information content (AvgIpc) is 2.52. The number of nitrogens with zero attached hydrogens (tertiary/aromatic N) is 1. The van der Waals surface area contributed by atoms with Gasteiger partial charge in [0.2, 0.25) is 0 Å². The number of nitrogens with one attached hydrogen (secondary N) is 1. The van der Waals surface area contributed by atoms with Crippen molar-refractivity contribution in [3.8, 4) is 0 Å². The van der Waals surface area contributed by atoms with E-state index in [2.05, 4.69) is 5.32 Å². The van der Waals surface area contributed by atoms with Gasteiger partial charge in [0, 0.05) is 5.70 Å². The van der Waals surface area contributed by atoms with Crippen LogP contribution in [0.4, 0.5) is 13.2 Å². The van der Waals surface area contributed by atoms with Crippen molar-refractivity contribution in [2.75, 3.05) is 0 Å². The van der Waals surface area contributed by atoms with Crippen LogP contribution in [0.2, 0.25) is 0 Å². The van der Waals surface area contributed by atoms with Crippen molar-refractivity contribution in [1.82, 2.24) is 5.32 Å². The van der Waals surface area contributed by atoms with E-state index in [9.17, 15) is 23.3 Å². The molecule has 1 unspecified atom stereocenters. The van der Waals surface area contributed by atoms with Gasteiger partial charge in [0.05, 0.1) is 16.2 Å². The number of alkyl halides is 3. The quantitative estimate of drug-likeness (QED) is 0.626. The Balaban J connectivity index is 2.23.